The standard InChI is InChI=1S/C10H6F4S/c1-3-5-6(4(2)15-3)8(12)10(14)9(13)7(5)11/h1-2H3. The summed E-state index contributed by atoms with van der Waals surface area (Å²) in [4.78, 5) is 0.885. The van der Waals surface area contributed by atoms with Crippen LogP contribution in [0.3, 0.4) is 0 Å². The summed E-state index contributed by atoms with van der Waals surface area (Å²) >= 11 is 1.11. The van der Waals surface area contributed by atoms with Crippen LogP contribution in [0.5, 0.6) is 0 Å². The molecule has 0 aliphatic carbocycles. The molecule has 1 aromatic heterocycles. The molecule has 0 atom stereocenters. The highest BCUT2D eigenvalue weighted by Gasteiger charge is 2.24. The molecule has 0 spiro atoms. The maximum absolute atomic E-state index is 13.3. The van der Waals surface area contributed by atoms with Crippen LogP contribution in [0, 0.1) is 37.1 Å². The molecular formula is C10H6F4S. The SMILES string of the molecule is Cc1sc(C)c2c(F)c(F)c(F)c(F)c12. The van der Waals surface area contributed by atoms with Gasteiger partial charge in [-0.25, -0.2) is 17.6 Å². The molecule has 0 amide bonds. The number of thiophene rings is 1. The number of hydrogen-bond acceptors (Lipinski definition) is 1. The quantitative estimate of drug-likeness (QED) is 0.366. The van der Waals surface area contributed by atoms with Crippen molar-refractivity contribution in [2.45, 2.75) is 13.8 Å². The number of halogens is 4. The van der Waals surface area contributed by atoms with Gasteiger partial charge in [0.05, 0.1) is 0 Å². The van der Waals surface area contributed by atoms with Crippen molar-refractivity contribution < 1.29 is 17.6 Å². The highest BCUT2D eigenvalue weighted by molar-refractivity contribution is 7.13. The van der Waals surface area contributed by atoms with Gasteiger partial charge in [0.1, 0.15) is 0 Å². The van der Waals surface area contributed by atoms with Crippen molar-refractivity contribution in [2.24, 2.45) is 0 Å². The molecule has 0 saturated carbocycles. The predicted octanol–water partition coefficient (Wildman–Crippen LogP) is 4.07. The minimum atomic E-state index is -1.75. The molecule has 0 aliphatic rings. The van der Waals surface area contributed by atoms with Gasteiger partial charge in [0, 0.05) is 20.5 Å². The second kappa shape index (κ2) is 3.20. The third-order valence-electron chi connectivity index (χ3n) is 2.28. The van der Waals surface area contributed by atoms with Gasteiger partial charge in [0.2, 0.25) is 0 Å². The van der Waals surface area contributed by atoms with E-state index in [1.165, 1.54) is 0 Å². The van der Waals surface area contributed by atoms with Crippen LogP contribution >= 0.6 is 11.3 Å². The van der Waals surface area contributed by atoms with E-state index in [2.05, 4.69) is 0 Å². The molecule has 0 unspecified atom stereocenters. The summed E-state index contributed by atoms with van der Waals surface area (Å²) in [6.45, 7) is 3.08. The van der Waals surface area contributed by atoms with Crippen molar-refractivity contribution in [3.63, 3.8) is 0 Å². The smallest absolute Gasteiger partial charge is 0.198 e. The molecule has 2 aromatic rings. The summed E-state index contributed by atoms with van der Waals surface area (Å²) in [6, 6.07) is 0. The number of benzene rings is 1. The van der Waals surface area contributed by atoms with Gasteiger partial charge in [0.15, 0.2) is 23.3 Å². The molecule has 0 bridgehead atoms. The van der Waals surface area contributed by atoms with Crippen LogP contribution < -0.4 is 0 Å². The zero-order valence-corrected chi connectivity index (χ0v) is 8.74. The van der Waals surface area contributed by atoms with E-state index in [9.17, 15) is 17.6 Å². The Morgan fingerprint density at radius 2 is 1.00 bits per heavy atom. The Kier molecular flexibility index (Phi) is 2.22. The van der Waals surface area contributed by atoms with Gasteiger partial charge < -0.3 is 0 Å². The molecule has 2 rings (SSSR count). The number of fused-ring (bicyclic) bond motifs is 1. The third-order valence-corrected chi connectivity index (χ3v) is 3.30. The number of aryl methyl sites for hydroxylation is 2. The Hall–Kier alpha value is -1.10. The van der Waals surface area contributed by atoms with Gasteiger partial charge in [-0.1, -0.05) is 0 Å². The lowest BCUT2D eigenvalue weighted by atomic mass is 10.1. The average Bonchev–Trinajstić information content (AvgIpc) is 2.47. The summed E-state index contributed by atoms with van der Waals surface area (Å²) in [7, 11) is 0. The second-order valence-electron chi connectivity index (χ2n) is 3.22. The molecule has 5 heteroatoms. The number of hydrogen-bond donors (Lipinski definition) is 0. The lowest BCUT2D eigenvalue weighted by Crippen LogP contribution is -1.97. The molecular weight excluding hydrogens is 228 g/mol. The Morgan fingerprint density at radius 1 is 0.667 bits per heavy atom. The first-order valence-electron chi connectivity index (χ1n) is 4.16. The number of rotatable bonds is 0. The van der Waals surface area contributed by atoms with Gasteiger partial charge >= 0.3 is 0 Å². The topological polar surface area (TPSA) is 0 Å². The van der Waals surface area contributed by atoms with Crippen LogP contribution in [0.2, 0.25) is 0 Å². The van der Waals surface area contributed by atoms with Crippen molar-refractivity contribution in [2.75, 3.05) is 0 Å². The molecule has 0 fully saturated rings. The zero-order chi connectivity index (χ0) is 11.3. The largest absolute Gasteiger partial charge is 0.203 e. The average molecular weight is 234 g/mol. The van der Waals surface area contributed by atoms with Crippen LogP contribution in [-0.4, -0.2) is 0 Å². The normalized spacial score (nSPS) is 11.3. The van der Waals surface area contributed by atoms with E-state index in [1.807, 2.05) is 0 Å². The minimum Gasteiger partial charge on any atom is -0.203 e. The van der Waals surface area contributed by atoms with Crippen molar-refractivity contribution in [3.8, 4) is 0 Å². The summed E-state index contributed by atoms with van der Waals surface area (Å²) in [6.07, 6.45) is 0. The van der Waals surface area contributed by atoms with E-state index >= 15 is 0 Å². The van der Waals surface area contributed by atoms with Gasteiger partial charge in [0.25, 0.3) is 0 Å². The van der Waals surface area contributed by atoms with E-state index in [4.69, 9.17) is 0 Å². The molecule has 0 N–H and O–H groups in total. The first-order chi connectivity index (χ1) is 6.95. The van der Waals surface area contributed by atoms with E-state index < -0.39 is 23.3 Å². The highest BCUT2D eigenvalue weighted by Crippen LogP contribution is 2.36. The molecule has 15 heavy (non-hydrogen) atoms. The maximum Gasteiger partial charge on any atom is 0.198 e. The molecule has 0 nitrogen and oxygen atoms in total. The van der Waals surface area contributed by atoms with Crippen molar-refractivity contribution >= 4 is 22.1 Å². The van der Waals surface area contributed by atoms with Gasteiger partial charge in [-0.2, -0.15) is 0 Å². The van der Waals surface area contributed by atoms with Crippen LogP contribution in [0.15, 0.2) is 0 Å². The maximum atomic E-state index is 13.3. The van der Waals surface area contributed by atoms with Crippen molar-refractivity contribution in [1.29, 1.82) is 0 Å². The van der Waals surface area contributed by atoms with Crippen LogP contribution in [0.25, 0.3) is 10.8 Å². The van der Waals surface area contributed by atoms with Crippen molar-refractivity contribution in [3.05, 3.63) is 33.0 Å². The lowest BCUT2D eigenvalue weighted by Gasteiger charge is -2.01. The Bertz CT molecular complexity index is 509. The van der Waals surface area contributed by atoms with Crippen LogP contribution in [0.1, 0.15) is 9.75 Å². The van der Waals surface area contributed by atoms with Crippen LogP contribution in [0.4, 0.5) is 17.6 Å². The Labute approximate surface area is 87.1 Å². The van der Waals surface area contributed by atoms with E-state index in [-0.39, 0.29) is 10.8 Å². The molecule has 0 radical (unpaired) electrons. The summed E-state index contributed by atoms with van der Waals surface area (Å²) in [5.41, 5.74) is 0. The second-order valence-corrected chi connectivity index (χ2v) is 4.65. The Morgan fingerprint density at radius 3 is 1.33 bits per heavy atom. The first-order valence-corrected chi connectivity index (χ1v) is 4.98. The fraction of sp³-hybridized carbons (Fsp3) is 0.200. The minimum absolute atomic E-state index is 0.158. The van der Waals surface area contributed by atoms with E-state index in [1.54, 1.807) is 13.8 Å². The van der Waals surface area contributed by atoms with Crippen molar-refractivity contribution in [1.82, 2.24) is 0 Å². The monoisotopic (exact) mass is 234 g/mol. The fourth-order valence-corrected chi connectivity index (χ4v) is 2.67. The molecule has 0 aliphatic heterocycles. The molecule has 1 aromatic carbocycles. The fourth-order valence-electron chi connectivity index (χ4n) is 1.62. The molecule has 80 valence electrons. The first kappa shape index (κ1) is 10.4. The summed E-state index contributed by atoms with van der Waals surface area (Å²) in [5, 5.41) is -0.317. The van der Waals surface area contributed by atoms with Gasteiger partial charge in [-0.05, 0) is 13.8 Å². The molecule has 0 saturated heterocycles. The van der Waals surface area contributed by atoms with Gasteiger partial charge in [-0.15, -0.1) is 11.3 Å². The predicted molar refractivity (Wildman–Crippen MR) is 51.1 cm³/mol. The highest BCUT2D eigenvalue weighted by atomic mass is 32.1. The molecule has 1 heterocycles. The third kappa shape index (κ3) is 1.26. The Balaban J connectivity index is 3.10. The summed E-state index contributed by atoms with van der Waals surface area (Å²) in [5.74, 6) is -6.13. The van der Waals surface area contributed by atoms with E-state index in [0.717, 1.165) is 11.3 Å². The zero-order valence-electron chi connectivity index (χ0n) is 7.92. The van der Waals surface area contributed by atoms with E-state index in [0.29, 0.717) is 9.75 Å². The van der Waals surface area contributed by atoms with Crippen LogP contribution in [-0.2, 0) is 0 Å². The van der Waals surface area contributed by atoms with Gasteiger partial charge in [-0.3, -0.25) is 0 Å². The lowest BCUT2D eigenvalue weighted by molar-refractivity contribution is 0.418. The summed E-state index contributed by atoms with van der Waals surface area (Å²) < 4.78 is 52.5.